The van der Waals surface area contributed by atoms with E-state index in [9.17, 15) is 35.1 Å². The van der Waals surface area contributed by atoms with Gasteiger partial charge in [-0.25, -0.2) is 0 Å². The third kappa shape index (κ3) is 51.1. The Kier molecular flexibility index (Phi) is 59.9. The fourth-order valence-corrected chi connectivity index (χ4v) is 11.8. The van der Waals surface area contributed by atoms with Gasteiger partial charge in [-0.05, 0) is 57.8 Å². The van der Waals surface area contributed by atoms with E-state index in [0.29, 0.717) is 19.4 Å². The molecular weight excluding hydrogens is 1050 g/mol. The van der Waals surface area contributed by atoms with Gasteiger partial charge in [-0.2, -0.15) is 0 Å². The van der Waals surface area contributed by atoms with Gasteiger partial charge in [-0.1, -0.05) is 321 Å². The number of unbranched alkanes of at least 4 members (excludes halogenated alkanes) is 49. The Morgan fingerprint density at radius 2 is 0.762 bits per heavy atom. The van der Waals surface area contributed by atoms with Crippen molar-refractivity contribution in [2.24, 2.45) is 0 Å². The van der Waals surface area contributed by atoms with Gasteiger partial charge < -0.3 is 45.1 Å². The minimum atomic E-state index is -1.57. The van der Waals surface area contributed by atoms with Crippen molar-refractivity contribution in [3.8, 4) is 0 Å². The van der Waals surface area contributed by atoms with Crippen LogP contribution < -0.4 is 5.32 Å². The molecule has 496 valence electrons. The number of carbonyl (C=O) groups is 2. The lowest BCUT2D eigenvalue weighted by Crippen LogP contribution is -2.60. The summed E-state index contributed by atoms with van der Waals surface area (Å²) in [6.45, 7) is 4.35. The summed E-state index contributed by atoms with van der Waals surface area (Å²) in [7, 11) is 0. The summed E-state index contributed by atoms with van der Waals surface area (Å²) >= 11 is 0. The smallest absolute Gasteiger partial charge is 0.305 e. The van der Waals surface area contributed by atoms with E-state index in [1.807, 2.05) is 6.08 Å². The van der Waals surface area contributed by atoms with Crippen LogP contribution in [0.5, 0.6) is 0 Å². The largest absolute Gasteiger partial charge is 0.466 e. The molecule has 0 aromatic heterocycles. The van der Waals surface area contributed by atoms with Crippen molar-refractivity contribution >= 4 is 11.9 Å². The van der Waals surface area contributed by atoms with Crippen LogP contribution in [0.25, 0.3) is 0 Å². The van der Waals surface area contributed by atoms with Gasteiger partial charge in [0.2, 0.25) is 5.91 Å². The second kappa shape index (κ2) is 62.7. The third-order valence-corrected chi connectivity index (χ3v) is 17.6. The molecule has 0 spiro atoms. The predicted molar refractivity (Wildman–Crippen MR) is 352 cm³/mol. The van der Waals surface area contributed by atoms with E-state index < -0.39 is 49.5 Å². The van der Waals surface area contributed by atoms with Crippen LogP contribution in [-0.4, -0.2) is 100 Å². The molecule has 0 bridgehead atoms. The molecule has 1 saturated heterocycles. The van der Waals surface area contributed by atoms with E-state index in [4.69, 9.17) is 14.2 Å². The third-order valence-electron chi connectivity index (χ3n) is 17.6. The number of aliphatic hydroxyl groups excluding tert-OH is 5. The van der Waals surface area contributed by atoms with Crippen molar-refractivity contribution in [3.63, 3.8) is 0 Å². The number of amides is 1. The number of esters is 1. The highest BCUT2D eigenvalue weighted by molar-refractivity contribution is 5.76. The molecule has 1 heterocycles. The average molecular weight is 1190 g/mol. The molecule has 0 radical (unpaired) electrons. The van der Waals surface area contributed by atoms with E-state index in [-0.39, 0.29) is 18.5 Å². The Balaban J connectivity index is 1.88. The molecule has 7 unspecified atom stereocenters. The number of hydrogen-bond acceptors (Lipinski definition) is 10. The molecule has 11 nitrogen and oxygen atoms in total. The topological polar surface area (TPSA) is 175 Å². The number of ether oxygens (including phenoxy) is 3. The van der Waals surface area contributed by atoms with E-state index in [1.165, 1.54) is 283 Å². The molecule has 1 aliphatic heterocycles. The first-order valence-electron chi connectivity index (χ1n) is 36.6. The highest BCUT2D eigenvalue weighted by Crippen LogP contribution is 2.23. The Bertz CT molecular complexity index is 1440. The Morgan fingerprint density at radius 3 is 1.14 bits per heavy atom. The molecule has 0 aromatic rings. The summed E-state index contributed by atoms with van der Waals surface area (Å²) in [6.07, 6.45) is 69.1. The predicted octanol–water partition coefficient (Wildman–Crippen LogP) is 18.8. The van der Waals surface area contributed by atoms with E-state index in [2.05, 4.69) is 31.3 Å². The van der Waals surface area contributed by atoms with Crippen LogP contribution in [0.15, 0.2) is 24.3 Å². The first-order chi connectivity index (χ1) is 41.2. The number of allylic oxidation sites excluding steroid dienone is 3. The van der Waals surface area contributed by atoms with Gasteiger partial charge in [0.15, 0.2) is 6.29 Å². The lowest BCUT2D eigenvalue weighted by Gasteiger charge is -2.40. The highest BCUT2D eigenvalue weighted by atomic mass is 16.7. The lowest BCUT2D eigenvalue weighted by molar-refractivity contribution is -0.302. The van der Waals surface area contributed by atoms with E-state index in [1.54, 1.807) is 6.08 Å². The zero-order chi connectivity index (χ0) is 60.9. The monoisotopic (exact) mass is 1190 g/mol. The number of rotatable bonds is 65. The first-order valence-corrected chi connectivity index (χ1v) is 36.6. The summed E-state index contributed by atoms with van der Waals surface area (Å²) in [6, 6.07) is -0.805. The Hall–Kier alpha value is -1.86. The second-order valence-electron chi connectivity index (χ2n) is 25.7. The van der Waals surface area contributed by atoms with Crippen LogP contribution in [0.3, 0.4) is 0 Å². The zero-order valence-electron chi connectivity index (χ0n) is 55.1. The maximum Gasteiger partial charge on any atom is 0.305 e. The van der Waals surface area contributed by atoms with Gasteiger partial charge in [-0.3, -0.25) is 9.59 Å². The quantitative estimate of drug-likeness (QED) is 0.0195. The van der Waals surface area contributed by atoms with Crippen LogP contribution in [0.4, 0.5) is 0 Å². The zero-order valence-corrected chi connectivity index (χ0v) is 55.1. The van der Waals surface area contributed by atoms with Crippen LogP contribution in [0, 0.1) is 0 Å². The summed E-state index contributed by atoms with van der Waals surface area (Å²) in [5, 5.41) is 54.3. The minimum absolute atomic E-state index is 0.00852. The molecule has 6 N–H and O–H groups in total. The van der Waals surface area contributed by atoms with Gasteiger partial charge in [0.25, 0.3) is 0 Å². The average Bonchev–Trinajstić information content (AvgIpc) is 3.69. The van der Waals surface area contributed by atoms with E-state index in [0.717, 1.165) is 57.8 Å². The van der Waals surface area contributed by atoms with Crippen LogP contribution >= 0.6 is 0 Å². The van der Waals surface area contributed by atoms with Gasteiger partial charge in [0, 0.05) is 12.8 Å². The maximum absolute atomic E-state index is 13.0. The first kappa shape index (κ1) is 80.2. The molecule has 0 aliphatic carbocycles. The van der Waals surface area contributed by atoms with Gasteiger partial charge in [0.1, 0.15) is 24.4 Å². The van der Waals surface area contributed by atoms with Gasteiger partial charge in [-0.15, -0.1) is 0 Å². The highest BCUT2D eigenvalue weighted by Gasteiger charge is 2.44. The minimum Gasteiger partial charge on any atom is -0.466 e. The molecule has 11 heteroatoms. The summed E-state index contributed by atoms with van der Waals surface area (Å²) < 4.78 is 16.7. The number of nitrogens with one attached hydrogen (secondary N) is 1. The van der Waals surface area contributed by atoms with E-state index >= 15 is 0 Å². The number of carbonyl (C=O) groups excluding carboxylic acids is 2. The molecule has 1 amide bonds. The Morgan fingerprint density at radius 1 is 0.429 bits per heavy atom. The molecule has 1 rings (SSSR count). The van der Waals surface area contributed by atoms with Crippen molar-refractivity contribution in [1.82, 2.24) is 5.32 Å². The van der Waals surface area contributed by atoms with Crippen molar-refractivity contribution in [2.45, 2.75) is 410 Å². The summed E-state index contributed by atoms with van der Waals surface area (Å²) in [4.78, 5) is 25.1. The van der Waals surface area contributed by atoms with Gasteiger partial charge >= 0.3 is 5.97 Å². The summed E-state index contributed by atoms with van der Waals surface area (Å²) in [5.74, 6) is -0.170. The normalized spacial score (nSPS) is 18.1. The molecule has 84 heavy (non-hydrogen) atoms. The maximum atomic E-state index is 13.0. The molecule has 7 atom stereocenters. The Labute approximate surface area is 518 Å². The standard InChI is InChI=1S/C73H139NO10/c1-3-5-7-9-11-13-14-15-16-17-32-35-38-41-45-49-53-57-61-69(78)82-62-58-54-50-46-42-39-36-33-30-28-26-24-22-20-18-19-21-23-25-27-29-31-34-37-40-44-48-52-56-60-68(77)74-65(66(76)59-55-51-47-43-12-10-8-6-4-2)64-83-73-72(81)71(80)70(79)67(63-75)84-73/h16-17,55,59,65-67,70-73,75-76,79-81H,3-15,18-54,56-58,60-64H2,1-2H3,(H,74,77)/b17-16-,59-55+. The van der Waals surface area contributed by atoms with Crippen molar-refractivity contribution in [1.29, 1.82) is 0 Å². The fourth-order valence-electron chi connectivity index (χ4n) is 11.8. The molecular formula is C73H139NO10. The summed E-state index contributed by atoms with van der Waals surface area (Å²) in [5.41, 5.74) is 0. The van der Waals surface area contributed by atoms with Crippen LogP contribution in [-0.2, 0) is 23.8 Å². The number of hydrogen-bond donors (Lipinski definition) is 6. The fraction of sp³-hybridized carbons (Fsp3) is 0.918. The van der Waals surface area contributed by atoms with Crippen molar-refractivity contribution < 1.29 is 49.3 Å². The van der Waals surface area contributed by atoms with Crippen LogP contribution in [0.1, 0.15) is 367 Å². The molecule has 0 aromatic carbocycles. The van der Waals surface area contributed by atoms with Crippen molar-refractivity contribution in [3.05, 3.63) is 24.3 Å². The molecule has 1 aliphatic rings. The lowest BCUT2D eigenvalue weighted by atomic mass is 9.99. The second-order valence-corrected chi connectivity index (χ2v) is 25.7. The molecule has 1 fully saturated rings. The SMILES string of the molecule is CCCCCCCCC/C=C\CCCCCCCCCC(=O)OCCCCCCCCCCCCCCCCCCCCCCCCCCCCCCCC(=O)NC(COC1OC(CO)C(O)C(O)C1O)C(O)/C=C/CCCCCCCCC. The van der Waals surface area contributed by atoms with Gasteiger partial charge in [0.05, 0.1) is 32.0 Å². The van der Waals surface area contributed by atoms with Crippen LogP contribution in [0.2, 0.25) is 0 Å². The molecule has 0 saturated carbocycles. The number of aliphatic hydroxyl groups is 5. The van der Waals surface area contributed by atoms with Crippen molar-refractivity contribution in [2.75, 3.05) is 19.8 Å².